The molecule has 4 nitrogen and oxygen atoms in total. The molecule has 1 aromatic heterocycles. The number of likely N-dealkylation sites (tertiary alicyclic amines) is 1. The van der Waals surface area contributed by atoms with E-state index in [1.807, 2.05) is 4.90 Å². The zero-order valence-corrected chi connectivity index (χ0v) is 9.82. The van der Waals surface area contributed by atoms with E-state index in [0.29, 0.717) is 5.82 Å². The van der Waals surface area contributed by atoms with Crippen LogP contribution in [0.2, 0.25) is 0 Å². The quantitative estimate of drug-likeness (QED) is 0.869. The molecule has 0 radical (unpaired) electrons. The lowest BCUT2D eigenvalue weighted by Gasteiger charge is -2.21. The summed E-state index contributed by atoms with van der Waals surface area (Å²) in [5.74, 6) is 0.217. The van der Waals surface area contributed by atoms with Gasteiger partial charge in [-0.2, -0.15) is 0 Å². The number of carbonyl (C=O) groups is 1. The van der Waals surface area contributed by atoms with Gasteiger partial charge >= 0.3 is 0 Å². The van der Waals surface area contributed by atoms with Crippen molar-refractivity contribution in [1.82, 2.24) is 9.88 Å². The zero-order valence-electron chi connectivity index (χ0n) is 9.82. The van der Waals surface area contributed by atoms with Gasteiger partial charge in [0.15, 0.2) is 0 Å². The number of carbonyl (C=O) groups excluding carboxylic acids is 1. The third-order valence-electron chi connectivity index (χ3n) is 2.88. The van der Waals surface area contributed by atoms with Gasteiger partial charge in [-0.1, -0.05) is 0 Å². The number of halogens is 1. The predicted octanol–water partition coefficient (Wildman–Crippen LogP) is 1.64. The highest BCUT2D eigenvalue weighted by atomic mass is 19.1. The Bertz CT molecular complexity index is 387. The van der Waals surface area contributed by atoms with Crippen LogP contribution in [0.5, 0.6) is 0 Å². The van der Waals surface area contributed by atoms with Crippen LogP contribution in [0.4, 0.5) is 10.2 Å². The van der Waals surface area contributed by atoms with E-state index in [-0.39, 0.29) is 17.8 Å². The second-order valence-electron chi connectivity index (χ2n) is 4.26. The molecule has 1 unspecified atom stereocenters. The predicted molar refractivity (Wildman–Crippen MR) is 63.1 cm³/mol. The average molecular weight is 237 g/mol. The first kappa shape index (κ1) is 11.8. The highest BCUT2D eigenvalue weighted by molar-refractivity contribution is 5.84. The molecule has 1 amide bonds. The van der Waals surface area contributed by atoms with E-state index in [2.05, 4.69) is 10.3 Å². The van der Waals surface area contributed by atoms with Crippen molar-refractivity contribution in [1.29, 1.82) is 0 Å². The average Bonchev–Trinajstić information content (AvgIpc) is 2.84. The number of hydrogen-bond acceptors (Lipinski definition) is 3. The van der Waals surface area contributed by atoms with Gasteiger partial charge in [0.25, 0.3) is 0 Å². The number of nitrogens with zero attached hydrogens (tertiary/aromatic N) is 2. The van der Waals surface area contributed by atoms with E-state index in [0.717, 1.165) is 32.1 Å². The maximum atomic E-state index is 12.7. The van der Waals surface area contributed by atoms with Crippen molar-refractivity contribution in [3.8, 4) is 0 Å². The van der Waals surface area contributed by atoms with Crippen molar-refractivity contribution in [2.75, 3.05) is 18.4 Å². The Kier molecular flexibility index (Phi) is 3.56. The number of amides is 1. The molecular formula is C12H16FN3O. The molecule has 1 aromatic rings. The van der Waals surface area contributed by atoms with E-state index in [9.17, 15) is 9.18 Å². The first-order valence-electron chi connectivity index (χ1n) is 5.84. The molecule has 0 bridgehead atoms. The fourth-order valence-corrected chi connectivity index (χ4v) is 1.96. The van der Waals surface area contributed by atoms with Crippen LogP contribution in [-0.2, 0) is 4.79 Å². The lowest BCUT2D eigenvalue weighted by Crippen LogP contribution is -2.39. The molecule has 17 heavy (non-hydrogen) atoms. The summed E-state index contributed by atoms with van der Waals surface area (Å²) in [4.78, 5) is 17.7. The van der Waals surface area contributed by atoms with E-state index in [1.54, 1.807) is 6.92 Å². The molecule has 0 aromatic carbocycles. The summed E-state index contributed by atoms with van der Waals surface area (Å²) in [5, 5.41) is 2.98. The Morgan fingerprint density at radius 1 is 1.47 bits per heavy atom. The highest BCUT2D eigenvalue weighted by Crippen LogP contribution is 2.11. The summed E-state index contributed by atoms with van der Waals surface area (Å²) in [6.45, 7) is 3.47. The minimum absolute atomic E-state index is 0.0774. The van der Waals surface area contributed by atoms with E-state index in [1.165, 1.54) is 12.1 Å². The Morgan fingerprint density at radius 3 is 2.76 bits per heavy atom. The molecular weight excluding hydrogens is 221 g/mol. The molecule has 1 saturated heterocycles. The van der Waals surface area contributed by atoms with Gasteiger partial charge in [0.05, 0.1) is 6.20 Å². The maximum Gasteiger partial charge on any atom is 0.244 e. The fourth-order valence-electron chi connectivity index (χ4n) is 1.96. The lowest BCUT2D eigenvalue weighted by molar-refractivity contribution is -0.130. The smallest absolute Gasteiger partial charge is 0.244 e. The van der Waals surface area contributed by atoms with Crippen molar-refractivity contribution < 1.29 is 9.18 Å². The number of rotatable bonds is 3. The number of anilines is 1. The molecule has 1 aliphatic heterocycles. The van der Waals surface area contributed by atoms with Gasteiger partial charge in [-0.3, -0.25) is 4.79 Å². The molecule has 92 valence electrons. The summed E-state index contributed by atoms with van der Waals surface area (Å²) >= 11 is 0. The SMILES string of the molecule is CC(Nc1ccc(F)cn1)C(=O)N1CCCC1. The van der Waals surface area contributed by atoms with Crippen LogP contribution in [-0.4, -0.2) is 34.9 Å². The number of aromatic nitrogens is 1. The standard InChI is InChI=1S/C12H16FN3O/c1-9(12(17)16-6-2-3-7-16)15-11-5-4-10(13)8-14-11/h4-5,8-9H,2-3,6-7H2,1H3,(H,14,15). The van der Waals surface area contributed by atoms with Crippen LogP contribution in [0.15, 0.2) is 18.3 Å². The number of hydrogen-bond donors (Lipinski definition) is 1. The third kappa shape index (κ3) is 2.93. The topological polar surface area (TPSA) is 45.2 Å². The maximum absolute atomic E-state index is 12.7. The summed E-state index contributed by atoms with van der Waals surface area (Å²) in [5.41, 5.74) is 0. The van der Waals surface area contributed by atoms with Gasteiger partial charge in [0.2, 0.25) is 5.91 Å². The molecule has 2 rings (SSSR count). The molecule has 1 N–H and O–H groups in total. The van der Waals surface area contributed by atoms with Gasteiger partial charge in [0.1, 0.15) is 17.7 Å². The Morgan fingerprint density at radius 2 is 2.18 bits per heavy atom. The van der Waals surface area contributed by atoms with Gasteiger partial charge in [0, 0.05) is 13.1 Å². The minimum atomic E-state index is -0.380. The molecule has 1 fully saturated rings. The van der Waals surface area contributed by atoms with Crippen molar-refractivity contribution in [3.63, 3.8) is 0 Å². The Balaban J connectivity index is 1.93. The van der Waals surface area contributed by atoms with Gasteiger partial charge in [-0.15, -0.1) is 0 Å². The van der Waals surface area contributed by atoms with Crippen LogP contribution >= 0.6 is 0 Å². The van der Waals surface area contributed by atoms with E-state index < -0.39 is 0 Å². The van der Waals surface area contributed by atoms with Crippen LogP contribution in [0, 0.1) is 5.82 Å². The molecule has 5 heteroatoms. The zero-order chi connectivity index (χ0) is 12.3. The van der Waals surface area contributed by atoms with Crippen LogP contribution in [0.25, 0.3) is 0 Å². The second-order valence-corrected chi connectivity index (χ2v) is 4.26. The van der Waals surface area contributed by atoms with Gasteiger partial charge in [-0.05, 0) is 31.9 Å². The van der Waals surface area contributed by atoms with Gasteiger partial charge in [-0.25, -0.2) is 9.37 Å². The first-order valence-corrected chi connectivity index (χ1v) is 5.84. The fraction of sp³-hybridized carbons (Fsp3) is 0.500. The summed E-state index contributed by atoms with van der Waals surface area (Å²) in [6.07, 6.45) is 3.29. The number of pyridine rings is 1. The second kappa shape index (κ2) is 5.12. The summed E-state index contributed by atoms with van der Waals surface area (Å²) < 4.78 is 12.7. The van der Waals surface area contributed by atoms with Crippen molar-refractivity contribution in [2.45, 2.75) is 25.8 Å². The van der Waals surface area contributed by atoms with Gasteiger partial charge < -0.3 is 10.2 Å². The van der Waals surface area contributed by atoms with E-state index >= 15 is 0 Å². The Labute approximate surface area is 99.8 Å². The molecule has 1 atom stereocenters. The van der Waals surface area contributed by atoms with Crippen molar-refractivity contribution in [2.24, 2.45) is 0 Å². The van der Waals surface area contributed by atoms with Crippen molar-refractivity contribution in [3.05, 3.63) is 24.1 Å². The van der Waals surface area contributed by atoms with E-state index in [4.69, 9.17) is 0 Å². The molecule has 0 aliphatic carbocycles. The minimum Gasteiger partial charge on any atom is -0.359 e. The van der Waals surface area contributed by atoms with Crippen LogP contribution in [0.1, 0.15) is 19.8 Å². The molecule has 0 saturated carbocycles. The monoisotopic (exact) mass is 237 g/mol. The third-order valence-corrected chi connectivity index (χ3v) is 2.88. The molecule has 0 spiro atoms. The molecule has 2 heterocycles. The normalized spacial score (nSPS) is 16.9. The largest absolute Gasteiger partial charge is 0.359 e. The van der Waals surface area contributed by atoms with Crippen LogP contribution < -0.4 is 5.32 Å². The van der Waals surface area contributed by atoms with Crippen LogP contribution in [0.3, 0.4) is 0 Å². The lowest BCUT2D eigenvalue weighted by atomic mass is 10.3. The summed E-state index contributed by atoms with van der Waals surface area (Å²) in [7, 11) is 0. The number of nitrogens with one attached hydrogen (secondary N) is 1. The molecule has 1 aliphatic rings. The Hall–Kier alpha value is -1.65. The summed E-state index contributed by atoms with van der Waals surface area (Å²) in [6, 6.07) is 2.52. The highest BCUT2D eigenvalue weighted by Gasteiger charge is 2.23. The van der Waals surface area contributed by atoms with Crippen molar-refractivity contribution >= 4 is 11.7 Å². The first-order chi connectivity index (χ1) is 8.16.